The van der Waals surface area contributed by atoms with Crippen molar-refractivity contribution in [1.29, 1.82) is 0 Å². The lowest BCUT2D eigenvalue weighted by molar-refractivity contribution is 0.0953. The monoisotopic (exact) mass is 235 g/mol. The number of hydrogen-bond acceptors (Lipinski definition) is 4. The van der Waals surface area contributed by atoms with Gasteiger partial charge in [-0.25, -0.2) is 4.98 Å². The van der Waals surface area contributed by atoms with Crippen molar-refractivity contribution in [2.45, 2.75) is 26.3 Å². The summed E-state index contributed by atoms with van der Waals surface area (Å²) < 4.78 is 5.20. The first-order chi connectivity index (χ1) is 8.10. The number of nitrogens with zero attached hydrogens (tertiary/aromatic N) is 1. The molecule has 5 nitrogen and oxygen atoms in total. The first-order valence-electron chi connectivity index (χ1n) is 5.52. The van der Waals surface area contributed by atoms with Crippen molar-refractivity contribution >= 4 is 5.91 Å². The molecule has 0 spiro atoms. The lowest BCUT2D eigenvalue weighted by atomic mass is 10.0. The quantitative estimate of drug-likeness (QED) is 0.748. The van der Waals surface area contributed by atoms with Crippen LogP contribution < -0.4 is 11.1 Å². The fraction of sp³-hybridized carbons (Fsp3) is 0.500. The third-order valence-corrected chi connectivity index (χ3v) is 2.65. The van der Waals surface area contributed by atoms with Gasteiger partial charge in [0.1, 0.15) is 6.26 Å². The number of carbonyl (C=O) groups excluding carboxylic acids is 1. The van der Waals surface area contributed by atoms with Gasteiger partial charge in [-0.05, 0) is 5.92 Å². The topological polar surface area (TPSA) is 81.2 Å². The van der Waals surface area contributed by atoms with E-state index in [2.05, 4.69) is 16.2 Å². The molecule has 3 N–H and O–H groups in total. The van der Waals surface area contributed by atoms with Gasteiger partial charge in [-0.15, -0.1) is 6.42 Å². The van der Waals surface area contributed by atoms with Crippen molar-refractivity contribution in [3.63, 3.8) is 0 Å². The van der Waals surface area contributed by atoms with Crippen LogP contribution in [0.1, 0.15) is 42.7 Å². The van der Waals surface area contributed by atoms with E-state index in [0.717, 1.165) is 6.42 Å². The van der Waals surface area contributed by atoms with Gasteiger partial charge in [0, 0.05) is 0 Å². The molecule has 2 unspecified atom stereocenters. The molecule has 17 heavy (non-hydrogen) atoms. The summed E-state index contributed by atoms with van der Waals surface area (Å²) in [5, 5.41) is 2.51. The Morgan fingerprint density at radius 3 is 3.06 bits per heavy atom. The van der Waals surface area contributed by atoms with Crippen LogP contribution in [0.15, 0.2) is 10.7 Å². The summed E-state index contributed by atoms with van der Waals surface area (Å²) in [7, 11) is 0. The molecule has 0 saturated carbocycles. The lowest BCUT2D eigenvalue weighted by Crippen LogP contribution is -2.24. The van der Waals surface area contributed by atoms with Crippen molar-refractivity contribution in [1.82, 2.24) is 10.3 Å². The SMILES string of the molecule is C#CCNC(=O)c1coc(C(N)C(C)CC)n1. The summed E-state index contributed by atoms with van der Waals surface area (Å²) in [6.07, 6.45) is 7.25. The predicted molar refractivity (Wildman–Crippen MR) is 64.1 cm³/mol. The Bertz CT molecular complexity index is 420. The Labute approximate surface area is 101 Å². The smallest absolute Gasteiger partial charge is 0.273 e. The van der Waals surface area contributed by atoms with Crippen molar-refractivity contribution in [2.24, 2.45) is 11.7 Å². The molecule has 0 fully saturated rings. The number of carbonyl (C=O) groups is 1. The van der Waals surface area contributed by atoms with Gasteiger partial charge in [0.25, 0.3) is 5.91 Å². The average Bonchev–Trinajstić information content (AvgIpc) is 2.83. The predicted octanol–water partition coefficient (Wildman–Crippen LogP) is 1.08. The molecule has 1 heterocycles. The highest BCUT2D eigenvalue weighted by molar-refractivity contribution is 5.92. The van der Waals surface area contributed by atoms with E-state index in [-0.39, 0.29) is 30.1 Å². The summed E-state index contributed by atoms with van der Waals surface area (Å²) in [6, 6.07) is -0.297. The first kappa shape index (κ1) is 13.3. The summed E-state index contributed by atoms with van der Waals surface area (Å²) in [5.74, 6) is 2.58. The molecule has 0 aliphatic carbocycles. The summed E-state index contributed by atoms with van der Waals surface area (Å²) in [5.41, 5.74) is 6.15. The van der Waals surface area contributed by atoms with Crippen LogP contribution in [-0.2, 0) is 0 Å². The second-order valence-corrected chi connectivity index (χ2v) is 3.87. The molecule has 1 amide bonds. The van der Waals surface area contributed by atoms with E-state index in [1.165, 1.54) is 6.26 Å². The second kappa shape index (κ2) is 6.06. The second-order valence-electron chi connectivity index (χ2n) is 3.87. The highest BCUT2D eigenvalue weighted by Gasteiger charge is 2.20. The van der Waals surface area contributed by atoms with Gasteiger partial charge in [0.15, 0.2) is 5.69 Å². The van der Waals surface area contributed by atoms with Gasteiger partial charge >= 0.3 is 0 Å². The molecule has 0 aromatic carbocycles. The third-order valence-electron chi connectivity index (χ3n) is 2.65. The standard InChI is InChI=1S/C12H17N3O2/c1-4-6-14-11(16)9-7-17-12(15-9)10(13)8(3)5-2/h1,7-8,10H,5-6,13H2,2-3H3,(H,14,16). The first-order valence-corrected chi connectivity index (χ1v) is 5.52. The normalized spacial score (nSPS) is 13.8. The largest absolute Gasteiger partial charge is 0.446 e. The average molecular weight is 235 g/mol. The Morgan fingerprint density at radius 1 is 1.76 bits per heavy atom. The van der Waals surface area contributed by atoms with Gasteiger partial charge in [0.2, 0.25) is 5.89 Å². The fourth-order valence-corrected chi connectivity index (χ4v) is 1.26. The zero-order valence-electron chi connectivity index (χ0n) is 10.1. The Morgan fingerprint density at radius 2 is 2.47 bits per heavy atom. The Kier molecular flexibility index (Phi) is 4.73. The lowest BCUT2D eigenvalue weighted by Gasteiger charge is -2.13. The Balaban J connectivity index is 2.71. The summed E-state index contributed by atoms with van der Waals surface area (Å²) in [4.78, 5) is 15.6. The van der Waals surface area contributed by atoms with E-state index in [9.17, 15) is 4.79 Å². The minimum atomic E-state index is -0.352. The van der Waals surface area contributed by atoms with Crippen LogP contribution in [0.25, 0.3) is 0 Å². The summed E-state index contributed by atoms with van der Waals surface area (Å²) in [6.45, 7) is 4.21. The number of aromatic nitrogens is 1. The van der Waals surface area contributed by atoms with Crippen molar-refractivity contribution in [3.05, 3.63) is 17.8 Å². The van der Waals surface area contributed by atoms with E-state index in [0.29, 0.717) is 5.89 Å². The van der Waals surface area contributed by atoms with Gasteiger partial charge in [-0.1, -0.05) is 26.2 Å². The van der Waals surface area contributed by atoms with Crippen LogP contribution in [0, 0.1) is 18.3 Å². The molecule has 0 aliphatic heterocycles. The molecular weight excluding hydrogens is 218 g/mol. The fourth-order valence-electron chi connectivity index (χ4n) is 1.26. The molecule has 0 aliphatic rings. The minimum absolute atomic E-state index is 0.165. The van der Waals surface area contributed by atoms with Crippen LogP contribution in [0.2, 0.25) is 0 Å². The van der Waals surface area contributed by atoms with Gasteiger partial charge in [-0.2, -0.15) is 0 Å². The number of nitrogens with one attached hydrogen (secondary N) is 1. The molecule has 1 aromatic heterocycles. The van der Waals surface area contributed by atoms with E-state index >= 15 is 0 Å². The number of amides is 1. The van der Waals surface area contributed by atoms with Crippen molar-refractivity contribution in [3.8, 4) is 12.3 Å². The number of terminal acetylenes is 1. The third kappa shape index (κ3) is 3.33. The number of nitrogens with two attached hydrogens (primary N) is 1. The van der Waals surface area contributed by atoms with E-state index in [1.54, 1.807) is 0 Å². The molecule has 0 radical (unpaired) electrons. The number of rotatable bonds is 5. The molecule has 0 saturated heterocycles. The maximum atomic E-state index is 11.5. The molecule has 1 aromatic rings. The Hall–Kier alpha value is -1.80. The van der Waals surface area contributed by atoms with Crippen LogP contribution in [0.3, 0.4) is 0 Å². The zero-order chi connectivity index (χ0) is 12.8. The van der Waals surface area contributed by atoms with E-state index < -0.39 is 0 Å². The highest BCUT2D eigenvalue weighted by atomic mass is 16.3. The minimum Gasteiger partial charge on any atom is -0.446 e. The molecule has 2 atom stereocenters. The van der Waals surface area contributed by atoms with Gasteiger partial charge < -0.3 is 15.5 Å². The molecular formula is C12H17N3O2. The molecule has 0 bridgehead atoms. The molecule has 92 valence electrons. The van der Waals surface area contributed by atoms with Crippen molar-refractivity contribution in [2.75, 3.05) is 6.54 Å². The van der Waals surface area contributed by atoms with Crippen LogP contribution in [0.4, 0.5) is 0 Å². The van der Waals surface area contributed by atoms with Crippen molar-refractivity contribution < 1.29 is 9.21 Å². The van der Waals surface area contributed by atoms with E-state index in [4.69, 9.17) is 16.6 Å². The number of oxazole rings is 1. The highest BCUT2D eigenvalue weighted by Crippen LogP contribution is 2.20. The zero-order valence-corrected chi connectivity index (χ0v) is 10.1. The van der Waals surface area contributed by atoms with Crippen LogP contribution in [0.5, 0.6) is 0 Å². The van der Waals surface area contributed by atoms with E-state index in [1.807, 2.05) is 13.8 Å². The molecule has 5 heteroatoms. The maximum Gasteiger partial charge on any atom is 0.273 e. The maximum absolute atomic E-state index is 11.5. The van der Waals surface area contributed by atoms with Gasteiger partial charge in [0.05, 0.1) is 12.6 Å². The van der Waals surface area contributed by atoms with Crippen LogP contribution >= 0.6 is 0 Å². The van der Waals surface area contributed by atoms with Gasteiger partial charge in [-0.3, -0.25) is 4.79 Å². The molecule has 1 rings (SSSR count). The van der Waals surface area contributed by atoms with Crippen LogP contribution in [-0.4, -0.2) is 17.4 Å². The summed E-state index contributed by atoms with van der Waals surface area (Å²) >= 11 is 0. The number of hydrogen-bond donors (Lipinski definition) is 2.